The van der Waals surface area contributed by atoms with E-state index in [1.165, 1.54) is 0 Å². The lowest BCUT2D eigenvalue weighted by Crippen LogP contribution is -2.00. The highest BCUT2D eigenvalue weighted by Crippen LogP contribution is 2.58. The maximum absolute atomic E-state index is 13.5. The second-order valence-electron chi connectivity index (χ2n) is 3.09. The first kappa shape index (κ1) is 17.1. The summed E-state index contributed by atoms with van der Waals surface area (Å²) in [4.78, 5) is 14.4. The van der Waals surface area contributed by atoms with Gasteiger partial charge in [0.05, 0.1) is 0 Å². The monoisotopic (exact) mass is 338 g/mol. The van der Waals surface area contributed by atoms with Crippen LogP contribution in [-0.2, 0) is 0 Å². The van der Waals surface area contributed by atoms with Gasteiger partial charge in [-0.05, 0) is 31.2 Å². The third-order valence-corrected chi connectivity index (χ3v) is 3.33. The lowest BCUT2D eigenvalue weighted by molar-refractivity contribution is 0.381. The van der Waals surface area contributed by atoms with Crippen LogP contribution in [0.3, 0.4) is 0 Å². The van der Waals surface area contributed by atoms with Crippen LogP contribution in [0.2, 0.25) is 0 Å². The second kappa shape index (κ2) is 6.66. The molecule has 0 saturated carbocycles. The molecule has 0 amide bonds. The number of hydrogen-bond donors (Lipinski definition) is 0. The first-order valence-electron chi connectivity index (χ1n) is 4.67. The molecule has 0 aliphatic heterocycles. The maximum Gasteiger partial charge on any atom is 0.237 e. The van der Waals surface area contributed by atoms with E-state index in [2.05, 4.69) is 34.1 Å². The molecule has 1 aromatic rings. The average Bonchev–Trinajstić information content (AvgIpc) is 2.48. The number of rotatable bonds is 4. The summed E-state index contributed by atoms with van der Waals surface area (Å²) >= 11 is 0. The van der Waals surface area contributed by atoms with Crippen molar-refractivity contribution in [1.29, 1.82) is 0 Å². The molecule has 0 aliphatic carbocycles. The van der Waals surface area contributed by atoms with Gasteiger partial charge >= 0.3 is 0 Å². The zero-order chi connectivity index (χ0) is 16.9. The van der Waals surface area contributed by atoms with E-state index in [-0.39, 0.29) is 0 Å². The Morgan fingerprint density at radius 3 is 1.27 bits per heavy atom. The smallest absolute Gasteiger partial charge is 0.237 e. The Kier molecular flexibility index (Phi) is 5.17. The minimum atomic E-state index is -4.51. The first-order chi connectivity index (χ1) is 10.3. The van der Waals surface area contributed by atoms with Gasteiger partial charge in [0, 0.05) is 14.7 Å². The lowest BCUT2D eigenvalue weighted by atomic mass is 10.2. The molecule has 0 bridgehead atoms. The van der Waals surface area contributed by atoms with Gasteiger partial charge in [-0.25, -0.2) is 26.7 Å². The van der Waals surface area contributed by atoms with Gasteiger partial charge in [-0.2, -0.15) is 0 Å². The molecular formula is C6F5N10P. The highest BCUT2D eigenvalue weighted by Gasteiger charge is 2.27. The molecule has 0 N–H and O–H groups in total. The molecule has 0 fully saturated rings. The SMILES string of the molecule is [N-]=[N+]=NP(N=[N+]=[N-])(N=[N+]=[N-])=Nc1c(F)c(F)c(F)c(F)c1F. The van der Waals surface area contributed by atoms with Gasteiger partial charge in [0.2, 0.25) is 13.3 Å². The van der Waals surface area contributed by atoms with Crippen molar-refractivity contribution in [3.63, 3.8) is 0 Å². The summed E-state index contributed by atoms with van der Waals surface area (Å²) in [6.45, 7) is 0. The van der Waals surface area contributed by atoms with Crippen LogP contribution in [0.4, 0.5) is 27.6 Å². The molecule has 0 heterocycles. The maximum atomic E-state index is 13.5. The molecule has 16 heteroatoms. The number of azide groups is 1. The Hall–Kier alpha value is -2.97. The van der Waals surface area contributed by atoms with Gasteiger partial charge in [0.25, 0.3) is 0 Å². The largest absolute Gasteiger partial charge is 0.242 e. The van der Waals surface area contributed by atoms with E-state index in [4.69, 9.17) is 16.6 Å². The molecule has 0 aliphatic rings. The number of nitrogens with zero attached hydrogens (tertiary/aromatic N) is 10. The van der Waals surface area contributed by atoms with Crippen molar-refractivity contribution >= 4 is 13.2 Å². The van der Waals surface area contributed by atoms with Gasteiger partial charge in [0.1, 0.15) is 5.69 Å². The third-order valence-electron chi connectivity index (χ3n) is 1.90. The standard InChI is InChI=1S/C6F5N10P/c7-1-2(8)4(10)6(5(11)3(1)9)15-22(19-16-12,20-17-13)21-18-14. The van der Waals surface area contributed by atoms with Crippen molar-refractivity contribution < 1.29 is 22.0 Å². The highest BCUT2D eigenvalue weighted by atomic mass is 31.2. The van der Waals surface area contributed by atoms with Crippen molar-refractivity contribution in [3.8, 4) is 0 Å². The van der Waals surface area contributed by atoms with Crippen molar-refractivity contribution in [3.05, 3.63) is 60.4 Å². The summed E-state index contributed by atoms with van der Waals surface area (Å²) in [6.07, 6.45) is 0. The van der Waals surface area contributed by atoms with Crippen LogP contribution in [0.25, 0.3) is 31.3 Å². The molecule has 10 nitrogen and oxygen atoms in total. The van der Waals surface area contributed by atoms with Gasteiger partial charge < -0.3 is 0 Å². The van der Waals surface area contributed by atoms with Crippen molar-refractivity contribution in [2.75, 3.05) is 0 Å². The summed E-state index contributed by atoms with van der Waals surface area (Å²) in [5, 5.41) is 0. The van der Waals surface area contributed by atoms with E-state index in [1.54, 1.807) is 0 Å². The first-order valence-corrected chi connectivity index (χ1v) is 6.27. The summed E-state index contributed by atoms with van der Waals surface area (Å²) in [5.41, 5.74) is 23.1. The zero-order valence-corrected chi connectivity index (χ0v) is 10.7. The molecule has 0 aromatic heterocycles. The zero-order valence-electron chi connectivity index (χ0n) is 9.81. The van der Waals surface area contributed by atoms with E-state index in [0.717, 1.165) is 0 Å². The predicted octanol–water partition coefficient (Wildman–Crippen LogP) is 5.89. The Balaban J connectivity index is 3.98. The minimum Gasteiger partial charge on any atom is -0.242 e. The molecule has 1 rings (SSSR count). The second-order valence-corrected chi connectivity index (χ2v) is 4.90. The fourth-order valence-electron chi connectivity index (χ4n) is 1.09. The Morgan fingerprint density at radius 2 is 0.955 bits per heavy atom. The average molecular weight is 338 g/mol. The Morgan fingerprint density at radius 1 is 0.636 bits per heavy atom. The molecule has 1 aromatic carbocycles. The molecule has 114 valence electrons. The van der Waals surface area contributed by atoms with E-state index in [0.29, 0.717) is 0 Å². The summed E-state index contributed by atoms with van der Waals surface area (Å²) in [6, 6.07) is 0. The van der Waals surface area contributed by atoms with Crippen LogP contribution in [-0.4, -0.2) is 0 Å². The summed E-state index contributed by atoms with van der Waals surface area (Å²) < 4.78 is 68.7. The van der Waals surface area contributed by atoms with Crippen LogP contribution >= 0.6 is 7.51 Å². The van der Waals surface area contributed by atoms with Gasteiger partial charge in [0.15, 0.2) is 23.3 Å². The van der Waals surface area contributed by atoms with E-state index in [1.807, 2.05) is 0 Å². The Labute approximate surface area is 116 Å². The van der Waals surface area contributed by atoms with Crippen molar-refractivity contribution in [2.24, 2.45) is 19.4 Å². The van der Waals surface area contributed by atoms with Gasteiger partial charge in [-0.1, -0.05) is 0 Å². The van der Waals surface area contributed by atoms with Crippen LogP contribution < -0.4 is 0 Å². The van der Waals surface area contributed by atoms with E-state index >= 15 is 0 Å². The molecule has 0 radical (unpaired) electrons. The van der Waals surface area contributed by atoms with Crippen LogP contribution in [0.1, 0.15) is 0 Å². The van der Waals surface area contributed by atoms with Gasteiger partial charge in [-0.15, -0.1) is 0 Å². The van der Waals surface area contributed by atoms with Gasteiger partial charge in [-0.3, -0.25) is 0 Å². The Bertz CT molecular complexity index is 749. The summed E-state index contributed by atoms with van der Waals surface area (Å²) in [5.74, 6) is -11.9. The van der Waals surface area contributed by atoms with Crippen molar-refractivity contribution in [2.45, 2.75) is 0 Å². The quantitative estimate of drug-likeness (QED) is 0.122. The van der Waals surface area contributed by atoms with Crippen LogP contribution in [0.5, 0.6) is 0 Å². The van der Waals surface area contributed by atoms with Crippen LogP contribution in [0.15, 0.2) is 19.4 Å². The molecule has 0 spiro atoms. The normalized spacial score (nSPS) is 12.2. The predicted molar refractivity (Wildman–Crippen MR) is 62.7 cm³/mol. The molecule has 0 saturated heterocycles. The number of hydrogen-bond acceptors (Lipinski definition) is 1. The minimum absolute atomic E-state index is 1.79. The van der Waals surface area contributed by atoms with Crippen molar-refractivity contribution in [1.82, 2.24) is 0 Å². The fraction of sp³-hybridized carbons (Fsp3) is 0. The number of halogens is 5. The molecule has 0 atom stereocenters. The van der Waals surface area contributed by atoms with E-state index < -0.39 is 42.3 Å². The topological polar surface area (TPSA) is 159 Å². The molecule has 22 heavy (non-hydrogen) atoms. The summed E-state index contributed by atoms with van der Waals surface area (Å²) in [7, 11) is -4.51. The van der Waals surface area contributed by atoms with Crippen LogP contribution in [0, 0.1) is 29.1 Å². The highest BCUT2D eigenvalue weighted by molar-refractivity contribution is 7.62. The molecule has 0 unspecified atom stereocenters. The van der Waals surface area contributed by atoms with E-state index in [9.17, 15) is 22.0 Å². The fourth-order valence-corrected chi connectivity index (χ4v) is 2.08. The molecular weight excluding hydrogens is 338 g/mol. The number of benzene rings is 1. The lowest BCUT2D eigenvalue weighted by Gasteiger charge is -2.08. The third kappa shape index (κ3) is 3.03.